The van der Waals surface area contributed by atoms with Crippen LogP contribution in [0.4, 0.5) is 5.95 Å². The van der Waals surface area contributed by atoms with Crippen molar-refractivity contribution >= 4 is 41.0 Å². The van der Waals surface area contributed by atoms with E-state index in [2.05, 4.69) is 24.9 Å². The summed E-state index contributed by atoms with van der Waals surface area (Å²) in [5.41, 5.74) is 7.64. The summed E-state index contributed by atoms with van der Waals surface area (Å²) in [5, 5.41) is 0.492. The number of nitrogen functional groups attached to an aromatic ring is 1. The van der Waals surface area contributed by atoms with Crippen molar-refractivity contribution in [2.45, 2.75) is 46.5 Å². The number of aromatic amines is 2. The zero-order valence-corrected chi connectivity index (χ0v) is 21.7. The summed E-state index contributed by atoms with van der Waals surface area (Å²) >= 11 is 0. The van der Waals surface area contributed by atoms with Crippen LogP contribution in [0, 0.1) is 11.8 Å². The maximum atomic E-state index is 12.5. The van der Waals surface area contributed by atoms with Gasteiger partial charge in [-0.1, -0.05) is 13.0 Å². The van der Waals surface area contributed by atoms with Crippen molar-refractivity contribution in [1.29, 1.82) is 0 Å². The van der Waals surface area contributed by atoms with Crippen molar-refractivity contribution in [3.63, 3.8) is 0 Å². The molecule has 3 aromatic heterocycles. The molecule has 38 heavy (non-hydrogen) atoms. The van der Waals surface area contributed by atoms with Gasteiger partial charge >= 0.3 is 11.9 Å². The highest BCUT2D eigenvalue weighted by molar-refractivity contribution is 6.01. The fourth-order valence-corrected chi connectivity index (χ4v) is 4.04. The summed E-state index contributed by atoms with van der Waals surface area (Å²) in [4.78, 5) is 66.4. The number of nitrogens with two attached hydrogens (primary N) is 1. The number of hydrogen-bond donors (Lipinski definition) is 3. The molecule has 0 saturated carbocycles. The van der Waals surface area contributed by atoms with Gasteiger partial charge in [-0.3, -0.25) is 29.1 Å². The zero-order chi connectivity index (χ0) is 27.7. The van der Waals surface area contributed by atoms with Crippen LogP contribution in [0.2, 0.25) is 0 Å². The molecule has 0 radical (unpaired) electrons. The Balaban J connectivity index is 1.61. The molecule has 0 aromatic carbocycles. The largest absolute Gasteiger partial charge is 0.466 e. The summed E-state index contributed by atoms with van der Waals surface area (Å²) < 4.78 is 9.91. The molecular formula is C26H32N6O6. The van der Waals surface area contributed by atoms with E-state index in [1.165, 1.54) is 6.21 Å². The van der Waals surface area contributed by atoms with E-state index < -0.39 is 23.8 Å². The molecule has 0 spiro atoms. The van der Waals surface area contributed by atoms with Crippen molar-refractivity contribution in [3.05, 3.63) is 51.7 Å². The van der Waals surface area contributed by atoms with Crippen molar-refractivity contribution < 1.29 is 23.9 Å². The number of esters is 2. The Morgan fingerprint density at radius 3 is 2.61 bits per heavy atom. The first-order valence-corrected chi connectivity index (χ1v) is 12.4. The molecule has 0 saturated heterocycles. The first-order chi connectivity index (χ1) is 18.2. The minimum absolute atomic E-state index is 0.000165. The van der Waals surface area contributed by atoms with Gasteiger partial charge in [0.1, 0.15) is 11.3 Å². The molecule has 4 N–H and O–H groups in total. The number of hydrogen-bond acceptors (Lipinski definition) is 9. The molecule has 0 fully saturated rings. The Bertz CT molecular complexity index is 1360. The Labute approximate surface area is 219 Å². The molecule has 3 heterocycles. The fourth-order valence-electron chi connectivity index (χ4n) is 4.04. The number of pyridine rings is 1. The maximum Gasteiger partial charge on any atom is 0.314 e. The van der Waals surface area contributed by atoms with E-state index in [4.69, 9.17) is 15.2 Å². The van der Waals surface area contributed by atoms with Crippen LogP contribution in [0.25, 0.3) is 11.0 Å². The maximum absolute atomic E-state index is 12.5. The van der Waals surface area contributed by atoms with Crippen LogP contribution in [-0.2, 0) is 31.9 Å². The molecule has 12 heteroatoms. The van der Waals surface area contributed by atoms with Gasteiger partial charge in [-0.25, -0.2) is 4.99 Å². The Hall–Kier alpha value is -4.35. The standard InChI is InChI=1S/C26H32N6O6/c1-4-37-20(33)9-7-17(25(36)38-5-2)13-30-23(34)19-8-6-16(12-28-19)10-15(3)11-18-14-29-22-21(18)24(35)32-26(27)31-22/h6,8,12-15,17H,4-5,7,9-11H2,1-3H3,(H4,27,29,31,32,35). The second-order valence-corrected chi connectivity index (χ2v) is 8.84. The second-order valence-electron chi connectivity index (χ2n) is 8.84. The number of nitrogens with zero attached hydrogens (tertiary/aromatic N) is 3. The first-order valence-electron chi connectivity index (χ1n) is 12.4. The van der Waals surface area contributed by atoms with Crippen LogP contribution in [0.1, 0.15) is 55.2 Å². The van der Waals surface area contributed by atoms with E-state index in [1.54, 1.807) is 38.4 Å². The monoisotopic (exact) mass is 524 g/mol. The highest BCUT2D eigenvalue weighted by Crippen LogP contribution is 2.19. The number of H-pyrrole nitrogens is 2. The van der Waals surface area contributed by atoms with E-state index in [0.717, 1.165) is 11.1 Å². The van der Waals surface area contributed by atoms with Crippen LogP contribution in [0.5, 0.6) is 0 Å². The van der Waals surface area contributed by atoms with Crippen molar-refractivity contribution in [2.24, 2.45) is 16.8 Å². The fraction of sp³-hybridized carbons (Fsp3) is 0.423. The van der Waals surface area contributed by atoms with Crippen LogP contribution in [0.15, 0.2) is 34.3 Å². The van der Waals surface area contributed by atoms with E-state index in [0.29, 0.717) is 23.9 Å². The number of fused-ring (bicyclic) bond motifs is 1. The molecule has 0 aliphatic rings. The summed E-state index contributed by atoms with van der Waals surface area (Å²) in [6.45, 7) is 5.82. The van der Waals surface area contributed by atoms with Gasteiger partial charge in [0.15, 0.2) is 0 Å². The number of carbonyl (C=O) groups is 3. The molecule has 0 aliphatic heterocycles. The predicted molar refractivity (Wildman–Crippen MR) is 141 cm³/mol. The summed E-state index contributed by atoms with van der Waals surface area (Å²) in [6.07, 6.45) is 5.97. The van der Waals surface area contributed by atoms with Crippen LogP contribution in [0.3, 0.4) is 0 Å². The summed E-state index contributed by atoms with van der Waals surface area (Å²) in [5.74, 6) is -2.25. The zero-order valence-electron chi connectivity index (χ0n) is 21.7. The Morgan fingerprint density at radius 2 is 1.92 bits per heavy atom. The van der Waals surface area contributed by atoms with E-state index in [1.807, 2.05) is 6.92 Å². The number of anilines is 1. The minimum atomic E-state index is -0.855. The number of aromatic nitrogens is 4. The molecule has 0 bridgehead atoms. The highest BCUT2D eigenvalue weighted by Gasteiger charge is 2.20. The summed E-state index contributed by atoms with van der Waals surface area (Å²) in [7, 11) is 0. The average Bonchev–Trinajstić information content (AvgIpc) is 3.26. The average molecular weight is 525 g/mol. The number of nitrogens with one attached hydrogen (secondary N) is 2. The number of ether oxygens (including phenoxy) is 2. The molecule has 0 aliphatic carbocycles. The van der Waals surface area contributed by atoms with Crippen molar-refractivity contribution in [3.8, 4) is 0 Å². The van der Waals surface area contributed by atoms with Crippen LogP contribution >= 0.6 is 0 Å². The van der Waals surface area contributed by atoms with Crippen LogP contribution < -0.4 is 11.3 Å². The molecule has 12 nitrogen and oxygen atoms in total. The molecule has 3 aromatic rings. The van der Waals surface area contributed by atoms with Crippen LogP contribution in [-0.4, -0.2) is 57.2 Å². The molecule has 1 amide bonds. The molecule has 2 atom stereocenters. The highest BCUT2D eigenvalue weighted by atomic mass is 16.5. The normalized spacial score (nSPS) is 12.9. The van der Waals surface area contributed by atoms with Gasteiger partial charge < -0.3 is 20.2 Å². The lowest BCUT2D eigenvalue weighted by atomic mass is 9.95. The van der Waals surface area contributed by atoms with Gasteiger partial charge in [0.05, 0.1) is 24.5 Å². The van der Waals surface area contributed by atoms with Gasteiger partial charge in [-0.15, -0.1) is 0 Å². The van der Waals surface area contributed by atoms with Gasteiger partial charge in [-0.05, 0) is 56.2 Å². The lowest BCUT2D eigenvalue weighted by Crippen LogP contribution is -2.21. The molecule has 2 unspecified atom stereocenters. The Kier molecular flexibility index (Phi) is 9.85. The molecular weight excluding hydrogens is 492 g/mol. The lowest BCUT2D eigenvalue weighted by Gasteiger charge is -2.11. The number of rotatable bonds is 12. The first kappa shape index (κ1) is 28.2. The SMILES string of the molecule is CCOC(=O)CCC(C=NC(=O)c1ccc(CC(C)Cc2c[nH]c3nc(N)[nH]c(=O)c23)cn1)C(=O)OCC. The second kappa shape index (κ2) is 13.3. The van der Waals surface area contributed by atoms with E-state index in [9.17, 15) is 19.2 Å². The predicted octanol–water partition coefficient (Wildman–Crippen LogP) is 2.38. The lowest BCUT2D eigenvalue weighted by molar-refractivity contribution is -0.146. The minimum Gasteiger partial charge on any atom is -0.466 e. The number of amides is 1. The number of aliphatic imine (C=N–C) groups is 1. The van der Waals surface area contributed by atoms with Gasteiger partial charge in [0.2, 0.25) is 5.95 Å². The van der Waals surface area contributed by atoms with Gasteiger partial charge in [0.25, 0.3) is 11.5 Å². The Morgan fingerprint density at radius 1 is 1.16 bits per heavy atom. The molecule has 3 rings (SSSR count). The van der Waals surface area contributed by atoms with Gasteiger partial charge in [0, 0.05) is 25.0 Å². The number of carbonyl (C=O) groups excluding carboxylic acids is 3. The topological polar surface area (TPSA) is 182 Å². The third kappa shape index (κ3) is 7.58. The van der Waals surface area contributed by atoms with Gasteiger partial charge in [-0.2, -0.15) is 4.98 Å². The third-order valence-corrected chi connectivity index (χ3v) is 5.76. The van der Waals surface area contributed by atoms with E-state index >= 15 is 0 Å². The quantitative estimate of drug-likeness (QED) is 0.236. The third-order valence-electron chi connectivity index (χ3n) is 5.76. The van der Waals surface area contributed by atoms with Crippen molar-refractivity contribution in [2.75, 3.05) is 18.9 Å². The van der Waals surface area contributed by atoms with Crippen molar-refractivity contribution in [1.82, 2.24) is 19.9 Å². The smallest absolute Gasteiger partial charge is 0.314 e. The summed E-state index contributed by atoms with van der Waals surface area (Å²) in [6, 6.07) is 3.36. The molecule has 202 valence electrons. The van der Waals surface area contributed by atoms with E-state index in [-0.39, 0.29) is 49.2 Å².